The Labute approximate surface area is 86.7 Å². The maximum absolute atomic E-state index is 11.7. The summed E-state index contributed by atoms with van der Waals surface area (Å²) in [5, 5.41) is 0. The maximum atomic E-state index is 11.7. The van der Waals surface area contributed by atoms with Crippen LogP contribution in [0.25, 0.3) is 0 Å². The van der Waals surface area contributed by atoms with E-state index in [1.165, 1.54) is 11.3 Å². The minimum absolute atomic E-state index is 0.0205. The lowest BCUT2D eigenvalue weighted by atomic mass is 10.00. The molecule has 0 amide bonds. The van der Waals surface area contributed by atoms with Crippen molar-refractivity contribution in [1.82, 2.24) is 4.98 Å². The molecular weight excluding hydrogens is 196 g/mol. The average Bonchev–Trinajstić information content (AvgIpc) is 2.75. The summed E-state index contributed by atoms with van der Waals surface area (Å²) in [6.07, 6.45) is 6.84. The van der Waals surface area contributed by atoms with E-state index in [2.05, 4.69) is 4.98 Å². The van der Waals surface area contributed by atoms with Crippen molar-refractivity contribution in [3.05, 3.63) is 28.7 Å². The molecule has 0 aromatic carbocycles. The van der Waals surface area contributed by atoms with Gasteiger partial charge in [-0.1, -0.05) is 12.2 Å². The second-order valence-electron chi connectivity index (χ2n) is 3.50. The van der Waals surface area contributed by atoms with Crippen molar-refractivity contribution < 1.29 is 4.79 Å². The number of allylic oxidation sites excluding steroid dienone is 1. The monoisotopic (exact) mass is 208 g/mol. The number of carbonyl (C=O) groups excluding carboxylic acids is 1. The van der Waals surface area contributed by atoms with Crippen LogP contribution in [-0.4, -0.2) is 16.8 Å². The Morgan fingerprint density at radius 3 is 3.07 bits per heavy atom. The lowest BCUT2D eigenvalue weighted by Gasteiger charge is -2.06. The number of nitrogens with zero attached hydrogens (tertiary/aromatic N) is 1. The maximum Gasteiger partial charge on any atom is 0.145 e. The zero-order valence-electron chi connectivity index (χ0n) is 7.72. The molecule has 2 atom stereocenters. The normalized spacial score (nSPS) is 25.5. The van der Waals surface area contributed by atoms with Gasteiger partial charge in [-0.25, -0.2) is 0 Å². The fraction of sp³-hybridized carbons (Fsp3) is 0.400. The Hall–Kier alpha value is -1.00. The minimum atomic E-state index is 0.0205. The highest BCUT2D eigenvalue weighted by Gasteiger charge is 2.22. The van der Waals surface area contributed by atoms with E-state index in [-0.39, 0.29) is 17.7 Å². The van der Waals surface area contributed by atoms with Gasteiger partial charge in [-0.05, 0) is 6.42 Å². The van der Waals surface area contributed by atoms with Crippen molar-refractivity contribution in [2.45, 2.75) is 18.9 Å². The summed E-state index contributed by atoms with van der Waals surface area (Å²) in [4.78, 5) is 16.7. The van der Waals surface area contributed by atoms with Crippen LogP contribution in [0, 0.1) is 5.92 Å². The standard InChI is InChI=1S/C10H12N2OS/c11-8-2-1-7(3-8)10(13)4-9-5-12-6-14-9/h1-2,5-8H,3-4,11H2. The molecule has 0 saturated carbocycles. The molecule has 2 N–H and O–H groups in total. The summed E-state index contributed by atoms with van der Waals surface area (Å²) < 4.78 is 0. The predicted octanol–water partition coefficient (Wildman–Crippen LogP) is 1.16. The second-order valence-corrected chi connectivity index (χ2v) is 4.47. The van der Waals surface area contributed by atoms with Crippen molar-refractivity contribution in [3.8, 4) is 0 Å². The summed E-state index contributed by atoms with van der Waals surface area (Å²) in [6.45, 7) is 0. The van der Waals surface area contributed by atoms with Gasteiger partial charge in [-0.3, -0.25) is 9.78 Å². The van der Waals surface area contributed by atoms with Crippen molar-refractivity contribution in [2.75, 3.05) is 0 Å². The van der Waals surface area contributed by atoms with Gasteiger partial charge in [-0.15, -0.1) is 11.3 Å². The quantitative estimate of drug-likeness (QED) is 0.758. The summed E-state index contributed by atoms with van der Waals surface area (Å²) in [7, 11) is 0. The topological polar surface area (TPSA) is 56.0 Å². The fourth-order valence-electron chi connectivity index (χ4n) is 1.60. The highest BCUT2D eigenvalue weighted by atomic mass is 32.1. The molecule has 1 heterocycles. The number of aromatic nitrogens is 1. The Morgan fingerprint density at radius 1 is 1.64 bits per heavy atom. The van der Waals surface area contributed by atoms with E-state index in [9.17, 15) is 4.79 Å². The number of thiazole rings is 1. The van der Waals surface area contributed by atoms with E-state index >= 15 is 0 Å². The molecule has 1 aromatic heterocycles. The van der Waals surface area contributed by atoms with Crippen LogP contribution in [0.2, 0.25) is 0 Å². The van der Waals surface area contributed by atoms with Crippen molar-refractivity contribution in [1.29, 1.82) is 0 Å². The third-order valence-corrected chi connectivity index (χ3v) is 3.14. The van der Waals surface area contributed by atoms with E-state index < -0.39 is 0 Å². The van der Waals surface area contributed by atoms with Crippen LogP contribution in [0.5, 0.6) is 0 Å². The predicted molar refractivity (Wildman–Crippen MR) is 56.0 cm³/mol. The molecule has 1 aliphatic carbocycles. The Morgan fingerprint density at radius 2 is 2.50 bits per heavy atom. The Kier molecular flexibility index (Phi) is 2.74. The first kappa shape index (κ1) is 9.55. The summed E-state index contributed by atoms with van der Waals surface area (Å²) in [5.74, 6) is 0.269. The van der Waals surface area contributed by atoms with Crippen molar-refractivity contribution in [3.63, 3.8) is 0 Å². The third kappa shape index (κ3) is 2.08. The summed E-state index contributed by atoms with van der Waals surface area (Å²) >= 11 is 1.52. The van der Waals surface area contributed by atoms with Gasteiger partial charge in [0.1, 0.15) is 5.78 Å². The SMILES string of the molecule is NC1C=CC(C(=O)Cc2cncs2)C1. The number of nitrogens with two attached hydrogens (primary N) is 1. The summed E-state index contributed by atoms with van der Waals surface area (Å²) in [5.41, 5.74) is 7.44. The molecule has 4 heteroatoms. The van der Waals surface area contributed by atoms with Gasteiger partial charge in [0.2, 0.25) is 0 Å². The van der Waals surface area contributed by atoms with Crippen LogP contribution in [0.4, 0.5) is 0 Å². The van der Waals surface area contributed by atoms with Crippen LogP contribution >= 0.6 is 11.3 Å². The lowest BCUT2D eigenvalue weighted by molar-refractivity contribution is -0.120. The summed E-state index contributed by atoms with van der Waals surface area (Å²) in [6, 6.07) is 0.0606. The molecule has 0 aliphatic heterocycles. The van der Waals surface area contributed by atoms with E-state index in [4.69, 9.17) is 5.73 Å². The van der Waals surface area contributed by atoms with Gasteiger partial charge >= 0.3 is 0 Å². The zero-order chi connectivity index (χ0) is 9.97. The van der Waals surface area contributed by atoms with Gasteiger partial charge in [0.05, 0.1) is 5.51 Å². The molecule has 74 valence electrons. The smallest absolute Gasteiger partial charge is 0.145 e. The number of ketones is 1. The molecule has 1 aliphatic rings. The molecule has 0 spiro atoms. The Bertz CT molecular complexity index is 345. The van der Waals surface area contributed by atoms with Crippen LogP contribution in [0.3, 0.4) is 0 Å². The second kappa shape index (κ2) is 4.02. The van der Waals surface area contributed by atoms with Crippen molar-refractivity contribution in [2.24, 2.45) is 11.7 Å². The molecular formula is C10H12N2OS. The molecule has 14 heavy (non-hydrogen) atoms. The Balaban J connectivity index is 1.94. The number of rotatable bonds is 3. The first-order chi connectivity index (χ1) is 6.75. The fourth-order valence-corrected chi connectivity index (χ4v) is 2.20. The highest BCUT2D eigenvalue weighted by molar-refractivity contribution is 7.09. The number of hydrogen-bond donors (Lipinski definition) is 1. The molecule has 0 fully saturated rings. The van der Waals surface area contributed by atoms with E-state index in [0.717, 1.165) is 11.3 Å². The third-order valence-electron chi connectivity index (χ3n) is 2.36. The van der Waals surface area contributed by atoms with Crippen LogP contribution in [-0.2, 0) is 11.2 Å². The first-order valence-electron chi connectivity index (χ1n) is 4.59. The number of Topliss-reactive ketones (excluding diaryl/α,β-unsaturated/α-hetero) is 1. The van der Waals surface area contributed by atoms with Crippen LogP contribution < -0.4 is 5.73 Å². The molecule has 0 bridgehead atoms. The minimum Gasteiger partial charge on any atom is -0.324 e. The number of hydrogen-bond acceptors (Lipinski definition) is 4. The van der Waals surface area contributed by atoms with Gasteiger partial charge in [0, 0.05) is 29.5 Å². The van der Waals surface area contributed by atoms with E-state index in [1.807, 2.05) is 12.2 Å². The van der Waals surface area contributed by atoms with E-state index in [1.54, 1.807) is 11.7 Å². The van der Waals surface area contributed by atoms with Crippen LogP contribution in [0.1, 0.15) is 11.3 Å². The first-order valence-corrected chi connectivity index (χ1v) is 5.47. The lowest BCUT2D eigenvalue weighted by Crippen LogP contribution is -2.19. The zero-order valence-corrected chi connectivity index (χ0v) is 8.54. The van der Waals surface area contributed by atoms with Crippen LogP contribution in [0.15, 0.2) is 23.9 Å². The van der Waals surface area contributed by atoms with Gasteiger partial charge in [0.15, 0.2) is 0 Å². The van der Waals surface area contributed by atoms with Gasteiger partial charge in [-0.2, -0.15) is 0 Å². The molecule has 2 rings (SSSR count). The largest absolute Gasteiger partial charge is 0.324 e. The molecule has 2 unspecified atom stereocenters. The average molecular weight is 208 g/mol. The van der Waals surface area contributed by atoms with Crippen molar-refractivity contribution >= 4 is 17.1 Å². The molecule has 3 nitrogen and oxygen atoms in total. The molecule has 1 aromatic rings. The van der Waals surface area contributed by atoms with Gasteiger partial charge in [0.25, 0.3) is 0 Å². The van der Waals surface area contributed by atoms with E-state index in [0.29, 0.717) is 6.42 Å². The molecule has 0 saturated heterocycles. The van der Waals surface area contributed by atoms with Gasteiger partial charge < -0.3 is 5.73 Å². The molecule has 0 radical (unpaired) electrons. The highest BCUT2D eigenvalue weighted by Crippen LogP contribution is 2.20. The number of carbonyl (C=O) groups is 1.